The van der Waals surface area contributed by atoms with Gasteiger partial charge in [-0.25, -0.2) is 0 Å². The minimum atomic E-state index is 0.416. The van der Waals surface area contributed by atoms with Crippen LogP contribution in [0.5, 0.6) is 0 Å². The molecule has 3 nitrogen and oxygen atoms in total. The number of halogens is 1. The molecule has 0 fully saturated rings. The van der Waals surface area contributed by atoms with Crippen molar-refractivity contribution in [3.63, 3.8) is 0 Å². The van der Waals surface area contributed by atoms with Crippen molar-refractivity contribution in [2.75, 3.05) is 5.32 Å². The Labute approximate surface area is 122 Å². The van der Waals surface area contributed by atoms with E-state index in [2.05, 4.69) is 78.2 Å². The van der Waals surface area contributed by atoms with E-state index in [9.17, 15) is 0 Å². The molecule has 1 aromatic carbocycles. The third-order valence-corrected chi connectivity index (χ3v) is 3.53. The van der Waals surface area contributed by atoms with Gasteiger partial charge < -0.3 is 5.32 Å². The normalized spacial score (nSPS) is 10.9. The molecule has 0 atom stereocenters. The smallest absolute Gasteiger partial charge is 0.0539 e. The quantitative estimate of drug-likeness (QED) is 0.841. The van der Waals surface area contributed by atoms with E-state index in [0.717, 1.165) is 6.54 Å². The Balaban J connectivity index is 2.02. The predicted molar refractivity (Wildman–Crippen MR) is 83.8 cm³/mol. The predicted octanol–water partition coefficient (Wildman–Crippen LogP) is 3.99. The first-order valence-electron chi connectivity index (χ1n) is 6.09. The maximum atomic E-state index is 4.34. The summed E-state index contributed by atoms with van der Waals surface area (Å²) in [4.78, 5) is 0. The van der Waals surface area contributed by atoms with Crippen LogP contribution in [-0.4, -0.2) is 9.78 Å². The number of hydrogen-bond donors (Lipinski definition) is 1. The molecule has 4 heteroatoms. The van der Waals surface area contributed by atoms with Crippen LogP contribution in [0.1, 0.15) is 31.0 Å². The van der Waals surface area contributed by atoms with Crippen LogP contribution in [0.15, 0.2) is 30.6 Å². The Morgan fingerprint density at radius 3 is 2.78 bits per heavy atom. The van der Waals surface area contributed by atoms with Gasteiger partial charge in [-0.05, 0) is 67.1 Å². The van der Waals surface area contributed by atoms with E-state index in [1.807, 2.05) is 10.9 Å². The van der Waals surface area contributed by atoms with Crippen molar-refractivity contribution in [1.82, 2.24) is 9.78 Å². The average Bonchev–Trinajstić information content (AvgIpc) is 2.76. The second-order valence-corrected chi connectivity index (χ2v) is 5.98. The van der Waals surface area contributed by atoms with Crippen molar-refractivity contribution in [3.8, 4) is 0 Å². The van der Waals surface area contributed by atoms with Gasteiger partial charge in [0.25, 0.3) is 0 Å². The van der Waals surface area contributed by atoms with E-state index in [1.54, 1.807) is 0 Å². The molecule has 1 heterocycles. The van der Waals surface area contributed by atoms with Crippen molar-refractivity contribution in [2.24, 2.45) is 0 Å². The Hall–Kier alpha value is -1.04. The molecule has 18 heavy (non-hydrogen) atoms. The Kier molecular flexibility index (Phi) is 4.27. The molecule has 0 aliphatic carbocycles. The first-order chi connectivity index (χ1) is 8.56. The first kappa shape index (κ1) is 13.4. The number of anilines is 1. The number of aromatic nitrogens is 2. The van der Waals surface area contributed by atoms with Gasteiger partial charge in [0.15, 0.2) is 0 Å². The molecular formula is C14H18IN3. The summed E-state index contributed by atoms with van der Waals surface area (Å²) in [6.07, 6.45) is 4.02. The molecule has 1 aromatic heterocycles. The number of hydrogen-bond acceptors (Lipinski definition) is 2. The lowest BCUT2D eigenvalue weighted by Gasteiger charge is -2.08. The van der Waals surface area contributed by atoms with Gasteiger partial charge in [0.2, 0.25) is 0 Å². The summed E-state index contributed by atoms with van der Waals surface area (Å²) in [6.45, 7) is 7.21. The van der Waals surface area contributed by atoms with Crippen molar-refractivity contribution in [3.05, 3.63) is 45.3 Å². The fourth-order valence-electron chi connectivity index (χ4n) is 1.77. The molecular weight excluding hydrogens is 337 g/mol. The van der Waals surface area contributed by atoms with Gasteiger partial charge in [-0.15, -0.1) is 0 Å². The molecule has 0 bridgehead atoms. The molecule has 0 spiro atoms. The maximum Gasteiger partial charge on any atom is 0.0539 e. The van der Waals surface area contributed by atoms with Gasteiger partial charge in [-0.3, -0.25) is 4.68 Å². The Morgan fingerprint density at radius 1 is 1.39 bits per heavy atom. The monoisotopic (exact) mass is 355 g/mol. The zero-order chi connectivity index (χ0) is 13.1. The van der Waals surface area contributed by atoms with Crippen LogP contribution in [0.4, 0.5) is 5.69 Å². The number of aryl methyl sites for hydroxylation is 1. The van der Waals surface area contributed by atoms with Crippen LogP contribution < -0.4 is 5.32 Å². The molecule has 2 aromatic rings. The zero-order valence-electron chi connectivity index (χ0n) is 10.9. The van der Waals surface area contributed by atoms with Crippen LogP contribution in [0.3, 0.4) is 0 Å². The van der Waals surface area contributed by atoms with Crippen LogP contribution in [0, 0.1) is 10.5 Å². The summed E-state index contributed by atoms with van der Waals surface area (Å²) >= 11 is 2.33. The number of nitrogens with zero attached hydrogens (tertiary/aromatic N) is 2. The average molecular weight is 355 g/mol. The summed E-state index contributed by atoms with van der Waals surface area (Å²) in [5.74, 6) is 0. The summed E-state index contributed by atoms with van der Waals surface area (Å²) in [5.41, 5.74) is 3.67. The molecule has 2 rings (SSSR count). The highest BCUT2D eigenvalue weighted by molar-refractivity contribution is 14.1. The fraction of sp³-hybridized carbons (Fsp3) is 0.357. The van der Waals surface area contributed by atoms with Gasteiger partial charge in [-0.2, -0.15) is 5.10 Å². The van der Waals surface area contributed by atoms with Gasteiger partial charge in [-0.1, -0.05) is 0 Å². The van der Waals surface area contributed by atoms with E-state index in [-0.39, 0.29) is 0 Å². The van der Waals surface area contributed by atoms with Crippen molar-refractivity contribution < 1.29 is 0 Å². The van der Waals surface area contributed by atoms with E-state index in [1.165, 1.54) is 20.4 Å². The van der Waals surface area contributed by atoms with Crippen LogP contribution >= 0.6 is 22.6 Å². The van der Waals surface area contributed by atoms with E-state index in [4.69, 9.17) is 0 Å². The first-order valence-corrected chi connectivity index (χ1v) is 7.17. The maximum absolute atomic E-state index is 4.34. The third-order valence-electron chi connectivity index (χ3n) is 2.86. The highest BCUT2D eigenvalue weighted by Crippen LogP contribution is 2.18. The van der Waals surface area contributed by atoms with Gasteiger partial charge in [0.1, 0.15) is 0 Å². The lowest BCUT2D eigenvalue weighted by molar-refractivity contribution is 0.532. The molecule has 0 unspecified atom stereocenters. The zero-order valence-corrected chi connectivity index (χ0v) is 13.1. The van der Waals surface area contributed by atoms with E-state index >= 15 is 0 Å². The fourth-order valence-corrected chi connectivity index (χ4v) is 2.42. The molecule has 0 saturated heterocycles. The van der Waals surface area contributed by atoms with E-state index < -0.39 is 0 Å². The summed E-state index contributed by atoms with van der Waals surface area (Å²) < 4.78 is 3.25. The topological polar surface area (TPSA) is 29.9 Å². The Morgan fingerprint density at radius 2 is 2.17 bits per heavy atom. The highest BCUT2D eigenvalue weighted by atomic mass is 127. The van der Waals surface area contributed by atoms with Crippen molar-refractivity contribution in [1.29, 1.82) is 0 Å². The molecule has 0 radical (unpaired) electrons. The largest absolute Gasteiger partial charge is 0.381 e. The lowest BCUT2D eigenvalue weighted by atomic mass is 10.2. The standard InChI is InChI=1S/C14H18IN3/c1-10(2)18-9-12(8-17-18)7-16-14-5-4-13(15)6-11(14)3/h4-6,8-10,16H,7H2,1-3H3. The van der Waals surface area contributed by atoms with Crippen molar-refractivity contribution in [2.45, 2.75) is 33.4 Å². The SMILES string of the molecule is Cc1cc(I)ccc1NCc1cnn(C(C)C)c1. The summed E-state index contributed by atoms with van der Waals surface area (Å²) in [5, 5.41) is 7.79. The molecule has 0 saturated carbocycles. The van der Waals surface area contributed by atoms with Gasteiger partial charge in [0.05, 0.1) is 6.20 Å². The molecule has 0 aliphatic heterocycles. The number of nitrogens with one attached hydrogen (secondary N) is 1. The van der Waals surface area contributed by atoms with Gasteiger partial charge in [0, 0.05) is 33.6 Å². The van der Waals surface area contributed by atoms with Crippen molar-refractivity contribution >= 4 is 28.3 Å². The minimum Gasteiger partial charge on any atom is -0.381 e. The number of benzene rings is 1. The number of rotatable bonds is 4. The van der Waals surface area contributed by atoms with Gasteiger partial charge >= 0.3 is 0 Å². The van der Waals surface area contributed by atoms with E-state index in [0.29, 0.717) is 6.04 Å². The molecule has 0 amide bonds. The third kappa shape index (κ3) is 3.25. The van der Waals surface area contributed by atoms with Crippen LogP contribution in [0.25, 0.3) is 0 Å². The molecule has 1 N–H and O–H groups in total. The highest BCUT2D eigenvalue weighted by Gasteiger charge is 2.03. The molecule has 96 valence electrons. The molecule has 0 aliphatic rings. The second kappa shape index (κ2) is 5.73. The minimum absolute atomic E-state index is 0.416. The Bertz CT molecular complexity index is 532. The van der Waals surface area contributed by atoms with Crippen LogP contribution in [0.2, 0.25) is 0 Å². The summed E-state index contributed by atoms with van der Waals surface area (Å²) in [7, 11) is 0. The summed E-state index contributed by atoms with van der Waals surface area (Å²) in [6, 6.07) is 6.84. The van der Waals surface area contributed by atoms with Crippen LogP contribution in [-0.2, 0) is 6.54 Å². The lowest BCUT2D eigenvalue weighted by Crippen LogP contribution is -2.02. The second-order valence-electron chi connectivity index (χ2n) is 4.74.